The van der Waals surface area contributed by atoms with E-state index in [0.29, 0.717) is 18.1 Å². The van der Waals surface area contributed by atoms with Gasteiger partial charge >= 0.3 is 0 Å². The summed E-state index contributed by atoms with van der Waals surface area (Å²) in [6.07, 6.45) is 3.58. The van der Waals surface area contributed by atoms with Crippen LogP contribution in [0, 0.1) is 6.92 Å². The lowest BCUT2D eigenvalue weighted by atomic mass is 10.3. The molecule has 6 nitrogen and oxygen atoms in total. The predicted molar refractivity (Wildman–Crippen MR) is 74.2 cm³/mol. The fraction of sp³-hybridized carbons (Fsp3) is 0.462. The molecule has 2 aromatic rings. The van der Waals surface area contributed by atoms with Crippen molar-refractivity contribution in [3.63, 3.8) is 0 Å². The zero-order valence-electron chi connectivity index (χ0n) is 11.3. The molecule has 0 aliphatic heterocycles. The summed E-state index contributed by atoms with van der Waals surface area (Å²) in [4.78, 5) is 8.41. The molecule has 102 valence electrons. The lowest BCUT2D eigenvalue weighted by Gasteiger charge is -2.07. The first-order chi connectivity index (χ1) is 9.28. The first kappa shape index (κ1) is 13.3. The van der Waals surface area contributed by atoms with E-state index in [1.807, 2.05) is 19.1 Å². The van der Waals surface area contributed by atoms with E-state index >= 15 is 0 Å². The van der Waals surface area contributed by atoms with Crippen molar-refractivity contribution >= 4 is 11.5 Å². The van der Waals surface area contributed by atoms with E-state index in [9.17, 15) is 0 Å². The van der Waals surface area contributed by atoms with Gasteiger partial charge in [-0.25, -0.2) is 4.98 Å². The molecular weight excluding hydrogens is 242 g/mol. The van der Waals surface area contributed by atoms with Gasteiger partial charge in [-0.05, 0) is 19.4 Å². The number of pyridine rings is 1. The standard InChI is InChI=1S/C13H19N5O/c1-3-6-15-12-9-11(4-7-16-12)14-8-5-13-17-10(2)18-19-13/h4,7,9H,3,5-6,8H2,1-2H3,(H2,14,15,16). The maximum absolute atomic E-state index is 5.05. The molecule has 0 radical (unpaired) electrons. The van der Waals surface area contributed by atoms with Crippen molar-refractivity contribution in [1.29, 1.82) is 0 Å². The van der Waals surface area contributed by atoms with Crippen LogP contribution in [-0.4, -0.2) is 28.2 Å². The van der Waals surface area contributed by atoms with Gasteiger partial charge in [-0.2, -0.15) is 4.98 Å². The third-order valence-electron chi connectivity index (χ3n) is 2.55. The average Bonchev–Trinajstić information content (AvgIpc) is 2.83. The Hall–Kier alpha value is -2.11. The van der Waals surface area contributed by atoms with Crippen molar-refractivity contribution in [3.05, 3.63) is 30.0 Å². The molecule has 19 heavy (non-hydrogen) atoms. The number of nitrogens with one attached hydrogen (secondary N) is 2. The molecule has 2 N–H and O–H groups in total. The zero-order valence-corrected chi connectivity index (χ0v) is 11.3. The Balaban J connectivity index is 1.82. The van der Waals surface area contributed by atoms with Crippen molar-refractivity contribution in [1.82, 2.24) is 15.1 Å². The van der Waals surface area contributed by atoms with Gasteiger partial charge < -0.3 is 15.2 Å². The summed E-state index contributed by atoms with van der Waals surface area (Å²) in [5.74, 6) is 2.22. The van der Waals surface area contributed by atoms with Crippen molar-refractivity contribution in [2.75, 3.05) is 23.7 Å². The number of rotatable bonds is 7. The van der Waals surface area contributed by atoms with Gasteiger partial charge in [0.15, 0.2) is 5.82 Å². The highest BCUT2D eigenvalue weighted by atomic mass is 16.5. The highest BCUT2D eigenvalue weighted by molar-refractivity contribution is 5.51. The van der Waals surface area contributed by atoms with E-state index in [1.54, 1.807) is 6.20 Å². The van der Waals surface area contributed by atoms with Crippen LogP contribution in [-0.2, 0) is 6.42 Å². The van der Waals surface area contributed by atoms with Gasteiger partial charge in [0.2, 0.25) is 5.89 Å². The van der Waals surface area contributed by atoms with Crippen molar-refractivity contribution in [3.8, 4) is 0 Å². The van der Waals surface area contributed by atoms with Crippen LogP contribution in [0.5, 0.6) is 0 Å². The van der Waals surface area contributed by atoms with Gasteiger partial charge in [0.1, 0.15) is 5.82 Å². The van der Waals surface area contributed by atoms with Gasteiger partial charge in [-0.1, -0.05) is 12.1 Å². The molecule has 2 rings (SSSR count). The number of hydrogen-bond acceptors (Lipinski definition) is 6. The Morgan fingerprint density at radius 2 is 2.16 bits per heavy atom. The van der Waals surface area contributed by atoms with Crippen LogP contribution in [0.1, 0.15) is 25.1 Å². The Labute approximate surface area is 112 Å². The molecule has 0 aliphatic rings. The fourth-order valence-corrected chi connectivity index (χ4v) is 1.65. The van der Waals surface area contributed by atoms with Crippen molar-refractivity contribution < 1.29 is 4.52 Å². The SMILES string of the molecule is CCCNc1cc(NCCc2nc(C)no2)ccn1. The van der Waals surface area contributed by atoms with Gasteiger partial charge in [-0.3, -0.25) is 0 Å². The van der Waals surface area contributed by atoms with Crippen LogP contribution in [0.15, 0.2) is 22.9 Å². The number of anilines is 2. The zero-order chi connectivity index (χ0) is 13.5. The number of aryl methyl sites for hydroxylation is 1. The molecule has 0 unspecified atom stereocenters. The van der Waals surface area contributed by atoms with Crippen LogP contribution in [0.4, 0.5) is 11.5 Å². The number of hydrogen-bond donors (Lipinski definition) is 2. The molecular formula is C13H19N5O. The summed E-state index contributed by atoms with van der Waals surface area (Å²) in [6.45, 7) is 5.62. The lowest BCUT2D eigenvalue weighted by molar-refractivity contribution is 0.377. The quantitative estimate of drug-likeness (QED) is 0.796. The molecule has 0 saturated heterocycles. The largest absolute Gasteiger partial charge is 0.384 e. The third-order valence-corrected chi connectivity index (χ3v) is 2.55. The van der Waals surface area contributed by atoms with Crippen LogP contribution in [0.2, 0.25) is 0 Å². The average molecular weight is 261 g/mol. The fourth-order valence-electron chi connectivity index (χ4n) is 1.65. The minimum absolute atomic E-state index is 0.656. The molecule has 0 aromatic carbocycles. The maximum atomic E-state index is 5.05. The van der Waals surface area contributed by atoms with Crippen molar-refractivity contribution in [2.24, 2.45) is 0 Å². The topological polar surface area (TPSA) is 75.9 Å². The Morgan fingerprint density at radius 3 is 2.89 bits per heavy atom. The third kappa shape index (κ3) is 4.24. The summed E-state index contributed by atoms with van der Waals surface area (Å²) in [5.41, 5.74) is 1.03. The minimum Gasteiger partial charge on any atom is -0.384 e. The molecule has 0 spiro atoms. The monoisotopic (exact) mass is 261 g/mol. The van der Waals surface area contributed by atoms with Crippen LogP contribution in [0.3, 0.4) is 0 Å². The highest BCUT2D eigenvalue weighted by Gasteiger charge is 2.02. The van der Waals surface area contributed by atoms with Gasteiger partial charge in [0.05, 0.1) is 0 Å². The van der Waals surface area contributed by atoms with E-state index in [4.69, 9.17) is 4.52 Å². The molecule has 0 bridgehead atoms. The van der Waals surface area contributed by atoms with Crippen molar-refractivity contribution in [2.45, 2.75) is 26.7 Å². The first-order valence-electron chi connectivity index (χ1n) is 6.51. The van der Waals surface area contributed by atoms with Gasteiger partial charge in [0, 0.05) is 37.5 Å². The molecule has 0 saturated carbocycles. The summed E-state index contributed by atoms with van der Waals surface area (Å²) in [6, 6.07) is 3.94. The second-order valence-corrected chi connectivity index (χ2v) is 4.27. The number of aromatic nitrogens is 3. The number of nitrogens with zero attached hydrogens (tertiary/aromatic N) is 3. The molecule has 0 fully saturated rings. The van der Waals surface area contributed by atoms with E-state index < -0.39 is 0 Å². The van der Waals surface area contributed by atoms with E-state index in [2.05, 4.69) is 32.7 Å². The molecule has 0 aliphatic carbocycles. The molecule has 0 atom stereocenters. The summed E-state index contributed by atoms with van der Waals surface area (Å²) in [7, 11) is 0. The second-order valence-electron chi connectivity index (χ2n) is 4.27. The minimum atomic E-state index is 0.656. The van der Waals surface area contributed by atoms with Gasteiger partial charge in [-0.15, -0.1) is 0 Å². The van der Waals surface area contributed by atoms with E-state index in [1.165, 1.54) is 0 Å². The first-order valence-corrected chi connectivity index (χ1v) is 6.51. The Bertz CT molecular complexity index is 511. The normalized spacial score (nSPS) is 10.4. The lowest BCUT2D eigenvalue weighted by Crippen LogP contribution is -2.07. The second kappa shape index (κ2) is 6.72. The highest BCUT2D eigenvalue weighted by Crippen LogP contribution is 2.11. The molecule has 0 amide bonds. The summed E-state index contributed by atoms with van der Waals surface area (Å²) in [5, 5.41) is 10.3. The predicted octanol–water partition coefficient (Wildman–Crippen LogP) is 2.25. The molecule has 2 aromatic heterocycles. The Morgan fingerprint density at radius 1 is 1.26 bits per heavy atom. The maximum Gasteiger partial charge on any atom is 0.228 e. The van der Waals surface area contributed by atoms with E-state index in [0.717, 1.165) is 31.0 Å². The van der Waals surface area contributed by atoms with Gasteiger partial charge in [0.25, 0.3) is 0 Å². The summed E-state index contributed by atoms with van der Waals surface area (Å²) < 4.78 is 5.05. The smallest absolute Gasteiger partial charge is 0.228 e. The Kier molecular flexibility index (Phi) is 4.72. The van der Waals surface area contributed by atoms with Crippen LogP contribution < -0.4 is 10.6 Å². The van der Waals surface area contributed by atoms with E-state index in [-0.39, 0.29) is 0 Å². The molecule has 2 heterocycles. The van der Waals surface area contributed by atoms with Crippen LogP contribution >= 0.6 is 0 Å². The summed E-state index contributed by atoms with van der Waals surface area (Å²) >= 11 is 0. The van der Waals surface area contributed by atoms with Crippen LogP contribution in [0.25, 0.3) is 0 Å². The molecule has 6 heteroatoms.